The van der Waals surface area contributed by atoms with E-state index < -0.39 is 10.0 Å². The third kappa shape index (κ3) is 3.15. The van der Waals surface area contributed by atoms with Gasteiger partial charge in [-0.15, -0.1) is 0 Å². The molecular weight excluding hydrogens is 274 g/mol. The van der Waals surface area contributed by atoms with Gasteiger partial charge in [0.2, 0.25) is 10.0 Å². The van der Waals surface area contributed by atoms with Gasteiger partial charge in [-0.2, -0.15) is 4.31 Å². The lowest BCUT2D eigenvalue weighted by molar-refractivity contribution is 0.419. The zero-order chi connectivity index (χ0) is 14.6. The van der Waals surface area contributed by atoms with Crippen LogP contribution in [0.1, 0.15) is 12.6 Å². The molecule has 2 rings (SSSR count). The zero-order valence-electron chi connectivity index (χ0n) is 11.2. The van der Waals surface area contributed by atoms with Crippen LogP contribution in [0.4, 0.5) is 5.69 Å². The molecule has 6 heteroatoms. The minimum absolute atomic E-state index is 0.204. The summed E-state index contributed by atoms with van der Waals surface area (Å²) >= 11 is 0. The first-order valence-corrected chi connectivity index (χ1v) is 7.73. The molecule has 0 aliphatic rings. The fourth-order valence-electron chi connectivity index (χ4n) is 1.86. The highest BCUT2D eigenvalue weighted by Gasteiger charge is 2.23. The lowest BCUT2D eigenvalue weighted by atomic mass is 10.3. The van der Waals surface area contributed by atoms with Crippen LogP contribution in [0.15, 0.2) is 53.6 Å². The lowest BCUT2D eigenvalue weighted by Crippen LogP contribution is -2.30. The van der Waals surface area contributed by atoms with E-state index in [2.05, 4.69) is 4.98 Å². The Morgan fingerprint density at radius 1 is 1.20 bits per heavy atom. The number of nitrogens with two attached hydrogens (primary N) is 1. The molecule has 0 saturated carbocycles. The quantitative estimate of drug-likeness (QED) is 0.853. The van der Waals surface area contributed by atoms with E-state index in [1.165, 1.54) is 10.4 Å². The van der Waals surface area contributed by atoms with Gasteiger partial charge in [-0.1, -0.05) is 19.1 Å². The van der Waals surface area contributed by atoms with Crippen molar-refractivity contribution in [1.82, 2.24) is 9.29 Å². The molecule has 5 nitrogen and oxygen atoms in total. The minimum atomic E-state index is -3.56. The van der Waals surface area contributed by atoms with E-state index in [9.17, 15) is 8.42 Å². The van der Waals surface area contributed by atoms with Crippen molar-refractivity contribution in [1.29, 1.82) is 0 Å². The average Bonchev–Trinajstić information content (AvgIpc) is 2.45. The number of nitrogen functional groups attached to an aromatic ring is 1. The van der Waals surface area contributed by atoms with Crippen molar-refractivity contribution in [2.75, 3.05) is 12.3 Å². The van der Waals surface area contributed by atoms with E-state index in [-0.39, 0.29) is 11.4 Å². The highest BCUT2D eigenvalue weighted by molar-refractivity contribution is 7.89. The molecule has 1 aromatic heterocycles. The van der Waals surface area contributed by atoms with Crippen molar-refractivity contribution in [2.45, 2.75) is 18.4 Å². The van der Waals surface area contributed by atoms with Crippen molar-refractivity contribution >= 4 is 15.7 Å². The largest absolute Gasteiger partial charge is 0.399 e. The maximum absolute atomic E-state index is 12.6. The molecule has 2 N–H and O–H groups in total. The Morgan fingerprint density at radius 3 is 2.60 bits per heavy atom. The van der Waals surface area contributed by atoms with Crippen LogP contribution in [0.2, 0.25) is 0 Å². The summed E-state index contributed by atoms with van der Waals surface area (Å²) in [5, 5.41) is 0. The first-order valence-electron chi connectivity index (χ1n) is 6.29. The maximum Gasteiger partial charge on any atom is 0.243 e. The summed E-state index contributed by atoms with van der Waals surface area (Å²) in [6.07, 6.45) is 1.65. The first-order chi connectivity index (χ1) is 9.54. The molecule has 20 heavy (non-hydrogen) atoms. The van der Waals surface area contributed by atoms with Crippen LogP contribution >= 0.6 is 0 Å². The van der Waals surface area contributed by atoms with E-state index in [0.29, 0.717) is 17.9 Å². The third-order valence-corrected chi connectivity index (χ3v) is 4.83. The number of pyridine rings is 1. The standard InChI is InChI=1S/C14H17N3O2S/c1-2-17(11-13-7-3-4-9-16-13)20(18,19)14-8-5-6-12(15)10-14/h3-10H,2,11,15H2,1H3. The number of sulfonamides is 1. The zero-order valence-corrected chi connectivity index (χ0v) is 12.0. The van der Waals surface area contributed by atoms with Crippen molar-refractivity contribution in [3.63, 3.8) is 0 Å². The Balaban J connectivity index is 2.31. The Hall–Kier alpha value is -1.92. The molecule has 0 atom stereocenters. The van der Waals surface area contributed by atoms with E-state index in [0.717, 1.165) is 0 Å². The normalized spacial score (nSPS) is 11.7. The Bertz CT molecular complexity index is 672. The molecule has 106 valence electrons. The maximum atomic E-state index is 12.6. The number of hydrogen-bond donors (Lipinski definition) is 1. The highest BCUT2D eigenvalue weighted by Crippen LogP contribution is 2.19. The van der Waals surface area contributed by atoms with Gasteiger partial charge in [-0.05, 0) is 30.3 Å². The first kappa shape index (κ1) is 14.5. The van der Waals surface area contributed by atoms with Crippen LogP contribution in [0.3, 0.4) is 0 Å². The average molecular weight is 291 g/mol. The molecule has 0 aliphatic carbocycles. The fourth-order valence-corrected chi connectivity index (χ4v) is 3.34. The predicted molar refractivity (Wildman–Crippen MR) is 78.4 cm³/mol. The molecule has 1 aromatic carbocycles. The Kier molecular flexibility index (Phi) is 4.36. The van der Waals surface area contributed by atoms with Gasteiger partial charge < -0.3 is 5.73 Å². The molecule has 0 aliphatic heterocycles. The van der Waals surface area contributed by atoms with Gasteiger partial charge in [0.25, 0.3) is 0 Å². The SMILES string of the molecule is CCN(Cc1ccccn1)S(=O)(=O)c1cccc(N)c1. The van der Waals surface area contributed by atoms with Gasteiger partial charge in [0.05, 0.1) is 17.1 Å². The molecule has 1 heterocycles. The van der Waals surface area contributed by atoms with Crippen molar-refractivity contribution in [3.05, 3.63) is 54.4 Å². The van der Waals surface area contributed by atoms with Gasteiger partial charge in [0.15, 0.2) is 0 Å². The molecule has 0 radical (unpaired) electrons. The van der Waals surface area contributed by atoms with E-state index in [4.69, 9.17) is 5.73 Å². The molecule has 0 spiro atoms. The van der Waals surface area contributed by atoms with Gasteiger partial charge in [-0.3, -0.25) is 4.98 Å². The van der Waals surface area contributed by atoms with Gasteiger partial charge in [0, 0.05) is 18.4 Å². The summed E-state index contributed by atoms with van der Waals surface area (Å²) in [7, 11) is -3.56. The highest BCUT2D eigenvalue weighted by atomic mass is 32.2. The molecule has 0 saturated heterocycles. The van der Waals surface area contributed by atoms with Crippen LogP contribution in [0.25, 0.3) is 0 Å². The third-order valence-electron chi connectivity index (χ3n) is 2.91. The summed E-state index contributed by atoms with van der Waals surface area (Å²) in [5.74, 6) is 0. The Morgan fingerprint density at radius 2 is 2.00 bits per heavy atom. The van der Waals surface area contributed by atoms with Crippen LogP contribution in [0.5, 0.6) is 0 Å². The number of anilines is 1. The number of nitrogens with zero attached hydrogens (tertiary/aromatic N) is 2. The topological polar surface area (TPSA) is 76.3 Å². The van der Waals surface area contributed by atoms with Gasteiger partial charge in [0.1, 0.15) is 0 Å². The second-order valence-corrected chi connectivity index (χ2v) is 6.26. The van der Waals surface area contributed by atoms with Crippen LogP contribution in [0, 0.1) is 0 Å². The minimum Gasteiger partial charge on any atom is -0.399 e. The second kappa shape index (κ2) is 6.02. The number of hydrogen-bond acceptors (Lipinski definition) is 4. The smallest absolute Gasteiger partial charge is 0.243 e. The number of rotatable bonds is 5. The van der Waals surface area contributed by atoms with Crippen LogP contribution < -0.4 is 5.73 Å². The van der Waals surface area contributed by atoms with Crippen LogP contribution in [-0.2, 0) is 16.6 Å². The lowest BCUT2D eigenvalue weighted by Gasteiger charge is -2.20. The van der Waals surface area contributed by atoms with E-state index in [1.807, 2.05) is 6.07 Å². The monoisotopic (exact) mass is 291 g/mol. The van der Waals surface area contributed by atoms with E-state index in [1.54, 1.807) is 43.5 Å². The molecule has 0 bridgehead atoms. The van der Waals surface area contributed by atoms with Gasteiger partial charge in [-0.25, -0.2) is 8.42 Å². The van der Waals surface area contributed by atoms with Crippen molar-refractivity contribution in [2.24, 2.45) is 0 Å². The number of benzene rings is 1. The summed E-state index contributed by atoms with van der Waals surface area (Å²) in [6, 6.07) is 11.8. The molecule has 0 unspecified atom stereocenters. The summed E-state index contributed by atoms with van der Waals surface area (Å²) < 4.78 is 26.5. The van der Waals surface area contributed by atoms with Crippen molar-refractivity contribution < 1.29 is 8.42 Å². The summed E-state index contributed by atoms with van der Waals surface area (Å²) in [6.45, 7) is 2.41. The number of aromatic nitrogens is 1. The molecular formula is C14H17N3O2S. The fraction of sp³-hybridized carbons (Fsp3) is 0.214. The Labute approximate surface area is 119 Å². The summed E-state index contributed by atoms with van der Waals surface area (Å²) in [5.41, 5.74) is 6.79. The summed E-state index contributed by atoms with van der Waals surface area (Å²) in [4.78, 5) is 4.36. The molecule has 0 amide bonds. The predicted octanol–water partition coefficient (Wildman–Crippen LogP) is 1.87. The van der Waals surface area contributed by atoms with Crippen LogP contribution in [-0.4, -0.2) is 24.3 Å². The van der Waals surface area contributed by atoms with Gasteiger partial charge >= 0.3 is 0 Å². The second-order valence-electron chi connectivity index (χ2n) is 4.32. The molecule has 2 aromatic rings. The van der Waals surface area contributed by atoms with Crippen molar-refractivity contribution in [3.8, 4) is 0 Å². The molecule has 0 fully saturated rings. The van der Waals surface area contributed by atoms with E-state index >= 15 is 0 Å².